The van der Waals surface area contributed by atoms with E-state index in [1.54, 1.807) is 0 Å². The van der Waals surface area contributed by atoms with Gasteiger partial charge in [0.2, 0.25) is 0 Å². The van der Waals surface area contributed by atoms with Crippen molar-refractivity contribution in [1.82, 2.24) is 0 Å². The third-order valence-corrected chi connectivity index (χ3v) is 1.27. The van der Waals surface area contributed by atoms with Gasteiger partial charge in [-0.15, -0.1) is 12.4 Å². The summed E-state index contributed by atoms with van der Waals surface area (Å²) >= 11 is 0. The van der Waals surface area contributed by atoms with Crippen LogP contribution in [0.5, 0.6) is 0 Å². The van der Waals surface area contributed by atoms with E-state index in [1.165, 1.54) is 0 Å². The van der Waals surface area contributed by atoms with Crippen LogP contribution in [0.1, 0.15) is 26.7 Å². The van der Waals surface area contributed by atoms with Crippen molar-refractivity contribution in [2.75, 3.05) is 6.61 Å². The van der Waals surface area contributed by atoms with Crippen LogP contribution >= 0.6 is 12.4 Å². The van der Waals surface area contributed by atoms with Crippen molar-refractivity contribution in [2.45, 2.75) is 32.7 Å². The Kier molecular flexibility index (Phi) is 9.40. The van der Waals surface area contributed by atoms with E-state index in [4.69, 9.17) is 10.8 Å². The van der Waals surface area contributed by atoms with E-state index < -0.39 is 0 Å². The first-order chi connectivity index (χ1) is 4.16. The van der Waals surface area contributed by atoms with E-state index in [1.807, 2.05) is 0 Å². The molecule has 0 unspecified atom stereocenters. The van der Waals surface area contributed by atoms with Crippen molar-refractivity contribution in [3.05, 3.63) is 0 Å². The van der Waals surface area contributed by atoms with Gasteiger partial charge >= 0.3 is 0 Å². The molecule has 0 heterocycles. The maximum atomic E-state index is 8.47. The maximum Gasteiger partial charge on any atom is 0.0445 e. The van der Waals surface area contributed by atoms with Gasteiger partial charge in [-0.1, -0.05) is 13.8 Å². The minimum Gasteiger partial charge on any atom is -0.396 e. The largest absolute Gasteiger partial charge is 0.396 e. The molecule has 0 spiro atoms. The van der Waals surface area contributed by atoms with Crippen LogP contribution in [0.4, 0.5) is 0 Å². The lowest BCUT2D eigenvalue weighted by Crippen LogP contribution is -2.23. The molecule has 0 saturated heterocycles. The van der Waals surface area contributed by atoms with Crippen LogP contribution in [0.2, 0.25) is 0 Å². The highest BCUT2D eigenvalue weighted by Crippen LogP contribution is 2.04. The summed E-state index contributed by atoms with van der Waals surface area (Å²) in [5.74, 6) is 0.645. The normalized spacial score (nSPS) is 12.9. The Hall–Kier alpha value is 0.210. The summed E-state index contributed by atoms with van der Waals surface area (Å²) < 4.78 is 0. The summed E-state index contributed by atoms with van der Waals surface area (Å²) in [7, 11) is 0. The summed E-state index contributed by atoms with van der Waals surface area (Å²) in [6.07, 6.45) is 1.75. The van der Waals surface area contributed by atoms with Gasteiger partial charge in [0.15, 0.2) is 0 Å². The van der Waals surface area contributed by atoms with Gasteiger partial charge in [-0.3, -0.25) is 0 Å². The second-order valence-corrected chi connectivity index (χ2v) is 2.90. The molecule has 2 nitrogen and oxygen atoms in total. The van der Waals surface area contributed by atoms with Gasteiger partial charge in [-0.25, -0.2) is 0 Å². The maximum absolute atomic E-state index is 8.47. The van der Waals surface area contributed by atoms with Gasteiger partial charge < -0.3 is 10.8 Å². The molecular weight excluding hydrogens is 150 g/mol. The van der Waals surface area contributed by atoms with Gasteiger partial charge in [0.1, 0.15) is 0 Å². The van der Waals surface area contributed by atoms with Crippen molar-refractivity contribution < 1.29 is 5.11 Å². The van der Waals surface area contributed by atoms with Crippen molar-refractivity contribution in [3.63, 3.8) is 0 Å². The highest BCUT2D eigenvalue weighted by Gasteiger charge is 2.02. The Morgan fingerprint density at radius 1 is 1.40 bits per heavy atom. The summed E-state index contributed by atoms with van der Waals surface area (Å²) in [5, 5.41) is 8.47. The Bertz CT molecular complexity index is 68.6. The van der Waals surface area contributed by atoms with Gasteiger partial charge in [0, 0.05) is 12.6 Å². The first-order valence-electron chi connectivity index (χ1n) is 3.53. The lowest BCUT2D eigenvalue weighted by Gasteiger charge is -2.11. The average molecular weight is 168 g/mol. The van der Waals surface area contributed by atoms with Gasteiger partial charge in [0.05, 0.1) is 0 Å². The molecule has 0 rings (SSSR count). The zero-order chi connectivity index (χ0) is 7.28. The van der Waals surface area contributed by atoms with Gasteiger partial charge in [-0.05, 0) is 18.8 Å². The molecule has 0 bridgehead atoms. The van der Waals surface area contributed by atoms with E-state index in [0.717, 1.165) is 12.8 Å². The van der Waals surface area contributed by atoms with E-state index >= 15 is 0 Å². The van der Waals surface area contributed by atoms with E-state index in [-0.39, 0.29) is 25.1 Å². The van der Waals surface area contributed by atoms with E-state index in [0.29, 0.717) is 5.92 Å². The van der Waals surface area contributed by atoms with Crippen LogP contribution in [0, 0.1) is 5.92 Å². The van der Waals surface area contributed by atoms with Crippen LogP contribution in [0.3, 0.4) is 0 Å². The zero-order valence-corrected chi connectivity index (χ0v) is 7.53. The Morgan fingerprint density at radius 2 is 1.90 bits per heavy atom. The van der Waals surface area contributed by atoms with Crippen molar-refractivity contribution in [2.24, 2.45) is 11.7 Å². The minimum absolute atomic E-state index is 0. The highest BCUT2D eigenvalue weighted by molar-refractivity contribution is 5.85. The molecule has 0 aliphatic heterocycles. The molecule has 0 aromatic heterocycles. The standard InChI is InChI=1S/C7H17NO.ClH/c1-6(2)5-7(8)3-4-9;/h6-7,9H,3-5,8H2,1-2H3;1H/t7-;/m0./s1. The van der Waals surface area contributed by atoms with Crippen LogP contribution in [0.25, 0.3) is 0 Å². The molecule has 1 atom stereocenters. The monoisotopic (exact) mass is 167 g/mol. The fourth-order valence-corrected chi connectivity index (χ4v) is 0.889. The molecule has 10 heavy (non-hydrogen) atoms. The molecule has 0 aliphatic rings. The number of hydrogen-bond donors (Lipinski definition) is 2. The summed E-state index contributed by atoms with van der Waals surface area (Å²) in [6, 6.07) is 0.190. The third kappa shape index (κ3) is 8.21. The molecule has 0 saturated carbocycles. The first-order valence-corrected chi connectivity index (χ1v) is 3.53. The summed E-state index contributed by atoms with van der Waals surface area (Å²) in [4.78, 5) is 0. The van der Waals surface area contributed by atoms with Crippen molar-refractivity contribution in [3.8, 4) is 0 Å². The molecule has 0 aliphatic carbocycles. The Morgan fingerprint density at radius 3 is 2.20 bits per heavy atom. The molecule has 0 fully saturated rings. The van der Waals surface area contributed by atoms with Gasteiger partial charge in [-0.2, -0.15) is 0 Å². The second-order valence-electron chi connectivity index (χ2n) is 2.90. The molecule has 0 radical (unpaired) electrons. The highest BCUT2D eigenvalue weighted by atomic mass is 35.5. The number of nitrogens with two attached hydrogens (primary N) is 1. The molecule has 64 valence electrons. The van der Waals surface area contributed by atoms with Crippen LogP contribution < -0.4 is 5.73 Å². The number of halogens is 1. The number of hydrogen-bond acceptors (Lipinski definition) is 2. The van der Waals surface area contributed by atoms with Crippen LogP contribution in [0.15, 0.2) is 0 Å². The molecule has 3 heteroatoms. The summed E-state index contributed by atoms with van der Waals surface area (Å²) in [5.41, 5.74) is 5.63. The lowest BCUT2D eigenvalue weighted by atomic mass is 10.0. The lowest BCUT2D eigenvalue weighted by molar-refractivity contribution is 0.268. The molecule has 0 amide bonds. The molecule has 0 aromatic carbocycles. The third-order valence-electron chi connectivity index (χ3n) is 1.27. The van der Waals surface area contributed by atoms with Crippen LogP contribution in [-0.4, -0.2) is 17.8 Å². The topological polar surface area (TPSA) is 46.2 Å². The quantitative estimate of drug-likeness (QED) is 0.661. The average Bonchev–Trinajstić information content (AvgIpc) is 1.63. The Balaban J connectivity index is 0. The van der Waals surface area contributed by atoms with E-state index in [2.05, 4.69) is 13.8 Å². The molecule has 3 N–H and O–H groups in total. The van der Waals surface area contributed by atoms with Crippen molar-refractivity contribution >= 4 is 12.4 Å². The predicted molar refractivity (Wildman–Crippen MR) is 46.4 cm³/mol. The van der Waals surface area contributed by atoms with E-state index in [9.17, 15) is 0 Å². The fourth-order valence-electron chi connectivity index (χ4n) is 0.889. The second kappa shape index (κ2) is 7.32. The minimum atomic E-state index is 0. The SMILES string of the molecule is CC(C)C[C@@H](N)CCO.Cl. The first kappa shape index (κ1) is 12.8. The fraction of sp³-hybridized carbons (Fsp3) is 1.00. The van der Waals surface area contributed by atoms with Crippen molar-refractivity contribution in [1.29, 1.82) is 0 Å². The molecule has 0 aromatic rings. The Labute approximate surface area is 69.2 Å². The smallest absolute Gasteiger partial charge is 0.0445 e. The predicted octanol–water partition coefficient (Wildman–Crippen LogP) is 1.16. The summed E-state index contributed by atoms with van der Waals surface area (Å²) in [6.45, 7) is 4.49. The van der Waals surface area contributed by atoms with Crippen LogP contribution in [-0.2, 0) is 0 Å². The number of rotatable bonds is 4. The number of aliphatic hydroxyl groups is 1. The zero-order valence-electron chi connectivity index (χ0n) is 6.71. The molecular formula is C7H18ClNO. The van der Waals surface area contributed by atoms with Gasteiger partial charge in [0.25, 0.3) is 0 Å². The number of aliphatic hydroxyl groups excluding tert-OH is 1.